The maximum atomic E-state index is 12.4. The van der Waals surface area contributed by atoms with Gasteiger partial charge < -0.3 is 9.47 Å². The predicted molar refractivity (Wildman–Crippen MR) is 116 cm³/mol. The first-order valence-corrected chi connectivity index (χ1v) is 9.54. The van der Waals surface area contributed by atoms with Crippen LogP contribution >= 0.6 is 0 Å². The highest BCUT2D eigenvalue weighted by atomic mass is 16.6. The first kappa shape index (κ1) is 20.0. The largest absolute Gasteiger partial charge is 0.488 e. The molecule has 0 saturated heterocycles. The number of rotatable bonds is 6. The minimum absolute atomic E-state index is 0.0423. The van der Waals surface area contributed by atoms with Crippen molar-refractivity contribution in [1.29, 1.82) is 0 Å². The fourth-order valence-corrected chi connectivity index (χ4v) is 3.01. The number of carbonyl (C=O) groups is 1. The lowest BCUT2D eigenvalue weighted by Crippen LogP contribution is -2.05. The van der Waals surface area contributed by atoms with Gasteiger partial charge in [-0.2, -0.15) is 0 Å². The molecule has 4 rings (SSSR count). The maximum Gasteiger partial charge on any atom is 0.363 e. The van der Waals surface area contributed by atoms with Gasteiger partial charge in [0.1, 0.15) is 12.4 Å². The van der Waals surface area contributed by atoms with Crippen LogP contribution in [0.2, 0.25) is 0 Å². The van der Waals surface area contributed by atoms with E-state index in [1.54, 1.807) is 0 Å². The number of carbonyl (C=O) groups excluding carboxylic acids is 1. The average molecular weight is 414 g/mol. The topological polar surface area (TPSA) is 91.0 Å². The molecule has 0 bridgehead atoms. The zero-order chi connectivity index (χ0) is 21.8. The molecule has 0 aromatic heterocycles. The van der Waals surface area contributed by atoms with E-state index >= 15 is 0 Å². The summed E-state index contributed by atoms with van der Waals surface area (Å²) in [4.78, 5) is 27.4. The van der Waals surface area contributed by atoms with Gasteiger partial charge in [-0.1, -0.05) is 48.0 Å². The standard InChI is InChI=1S/C24H18N2O5/c1-16-7-9-18(10-8-16)23-25-21(24(27)31-23)14-19-13-20(26(28)29)11-12-22(19)30-15-17-5-3-2-4-6-17/h2-14H,15H2,1H3/b21-14-. The van der Waals surface area contributed by atoms with Gasteiger partial charge in [0.05, 0.1) is 4.92 Å². The smallest absolute Gasteiger partial charge is 0.363 e. The minimum atomic E-state index is -0.629. The van der Waals surface area contributed by atoms with Crippen molar-refractivity contribution >= 4 is 23.6 Å². The Bertz CT molecular complexity index is 1200. The molecule has 0 aliphatic carbocycles. The number of hydrogen-bond donors (Lipinski definition) is 0. The Labute approximate surface area is 178 Å². The summed E-state index contributed by atoms with van der Waals surface area (Å²) in [5.41, 5.74) is 2.97. The van der Waals surface area contributed by atoms with Gasteiger partial charge in [0, 0.05) is 23.3 Å². The average Bonchev–Trinajstić information content (AvgIpc) is 3.14. The predicted octanol–water partition coefficient (Wildman–Crippen LogP) is 4.83. The Kier molecular flexibility index (Phi) is 5.57. The highest BCUT2D eigenvalue weighted by Crippen LogP contribution is 2.29. The van der Waals surface area contributed by atoms with Gasteiger partial charge in [-0.15, -0.1) is 0 Å². The number of aliphatic imine (C=N–C) groups is 1. The van der Waals surface area contributed by atoms with Crippen LogP contribution in [0.5, 0.6) is 5.75 Å². The van der Waals surface area contributed by atoms with Crippen molar-refractivity contribution < 1.29 is 19.2 Å². The van der Waals surface area contributed by atoms with Gasteiger partial charge in [-0.05, 0) is 36.8 Å². The molecule has 0 N–H and O–H groups in total. The second kappa shape index (κ2) is 8.62. The highest BCUT2D eigenvalue weighted by Gasteiger charge is 2.25. The number of cyclic esters (lactones) is 1. The van der Waals surface area contributed by atoms with Crippen LogP contribution in [-0.2, 0) is 16.1 Å². The van der Waals surface area contributed by atoms with E-state index in [2.05, 4.69) is 4.99 Å². The van der Waals surface area contributed by atoms with E-state index in [0.717, 1.165) is 11.1 Å². The number of hydrogen-bond acceptors (Lipinski definition) is 6. The van der Waals surface area contributed by atoms with E-state index in [1.807, 2.05) is 61.5 Å². The molecule has 0 atom stereocenters. The Hall–Kier alpha value is -4.26. The first-order valence-electron chi connectivity index (χ1n) is 9.54. The van der Waals surface area contributed by atoms with Crippen LogP contribution < -0.4 is 4.74 Å². The van der Waals surface area contributed by atoms with Gasteiger partial charge in [0.2, 0.25) is 5.90 Å². The molecule has 31 heavy (non-hydrogen) atoms. The van der Waals surface area contributed by atoms with E-state index in [-0.39, 0.29) is 23.9 Å². The molecule has 3 aromatic rings. The fourth-order valence-electron chi connectivity index (χ4n) is 3.01. The molecule has 7 heteroatoms. The van der Waals surface area contributed by atoms with Crippen LogP contribution in [-0.4, -0.2) is 16.8 Å². The summed E-state index contributed by atoms with van der Waals surface area (Å²) in [5.74, 6) is -0.0433. The lowest BCUT2D eigenvalue weighted by Gasteiger charge is -2.09. The van der Waals surface area contributed by atoms with Crippen LogP contribution in [0.25, 0.3) is 6.08 Å². The molecule has 0 unspecified atom stereocenters. The summed E-state index contributed by atoms with van der Waals surface area (Å²) in [7, 11) is 0. The van der Waals surface area contributed by atoms with Gasteiger partial charge >= 0.3 is 5.97 Å². The van der Waals surface area contributed by atoms with Gasteiger partial charge in [-0.3, -0.25) is 10.1 Å². The lowest BCUT2D eigenvalue weighted by atomic mass is 10.1. The Morgan fingerprint density at radius 3 is 2.52 bits per heavy atom. The summed E-state index contributed by atoms with van der Waals surface area (Å²) in [6, 6.07) is 21.1. The molecule has 1 aliphatic heterocycles. The molecule has 0 amide bonds. The summed E-state index contributed by atoms with van der Waals surface area (Å²) >= 11 is 0. The van der Waals surface area contributed by atoms with Crippen molar-refractivity contribution in [2.24, 2.45) is 4.99 Å². The first-order chi connectivity index (χ1) is 15.0. The third kappa shape index (κ3) is 4.67. The number of esters is 1. The summed E-state index contributed by atoms with van der Waals surface area (Å²) in [5, 5.41) is 11.2. The number of non-ortho nitro benzene ring substituents is 1. The van der Waals surface area contributed by atoms with Crippen molar-refractivity contribution in [3.8, 4) is 5.75 Å². The number of aryl methyl sites for hydroxylation is 1. The zero-order valence-electron chi connectivity index (χ0n) is 16.6. The Morgan fingerprint density at radius 2 is 1.81 bits per heavy atom. The quantitative estimate of drug-likeness (QED) is 0.249. The van der Waals surface area contributed by atoms with Gasteiger partial charge in [-0.25, -0.2) is 9.79 Å². The van der Waals surface area contributed by atoms with Crippen molar-refractivity contribution in [2.75, 3.05) is 0 Å². The summed E-state index contributed by atoms with van der Waals surface area (Å²) in [6.07, 6.45) is 1.44. The third-order valence-electron chi connectivity index (χ3n) is 4.65. The van der Waals surface area contributed by atoms with Gasteiger partial charge in [0.25, 0.3) is 5.69 Å². The molecule has 0 saturated carbocycles. The minimum Gasteiger partial charge on any atom is -0.488 e. The van der Waals surface area contributed by atoms with Crippen LogP contribution in [0.4, 0.5) is 5.69 Å². The SMILES string of the molecule is Cc1ccc(C2=N/C(=C\c3cc([N+](=O)[O-])ccc3OCc3ccccc3)C(=O)O2)cc1. The molecular formula is C24H18N2O5. The highest BCUT2D eigenvalue weighted by molar-refractivity contribution is 6.13. The van der Waals surface area contributed by atoms with Crippen LogP contribution in [0, 0.1) is 17.0 Å². The molecule has 154 valence electrons. The van der Waals surface area contributed by atoms with E-state index < -0.39 is 10.9 Å². The molecule has 1 aliphatic rings. The Balaban J connectivity index is 1.67. The van der Waals surface area contributed by atoms with E-state index in [9.17, 15) is 14.9 Å². The molecular weight excluding hydrogens is 396 g/mol. The van der Waals surface area contributed by atoms with Crippen molar-refractivity contribution in [2.45, 2.75) is 13.5 Å². The second-order valence-electron chi connectivity index (χ2n) is 6.96. The van der Waals surface area contributed by atoms with Crippen molar-refractivity contribution in [3.05, 3.63) is 111 Å². The van der Waals surface area contributed by atoms with Gasteiger partial charge in [0.15, 0.2) is 5.70 Å². The zero-order valence-corrected chi connectivity index (χ0v) is 16.6. The molecule has 7 nitrogen and oxygen atoms in total. The van der Waals surface area contributed by atoms with Crippen LogP contribution in [0.3, 0.4) is 0 Å². The van der Waals surface area contributed by atoms with Crippen LogP contribution in [0.1, 0.15) is 22.3 Å². The number of nitro benzene ring substituents is 1. The third-order valence-corrected chi connectivity index (χ3v) is 4.65. The van der Waals surface area contributed by atoms with E-state index in [0.29, 0.717) is 16.9 Å². The summed E-state index contributed by atoms with van der Waals surface area (Å²) < 4.78 is 11.1. The fraction of sp³-hybridized carbons (Fsp3) is 0.0833. The monoisotopic (exact) mass is 414 g/mol. The molecule has 0 spiro atoms. The van der Waals surface area contributed by atoms with Crippen molar-refractivity contribution in [3.63, 3.8) is 0 Å². The number of benzene rings is 3. The molecule has 0 fully saturated rings. The maximum absolute atomic E-state index is 12.4. The Morgan fingerprint density at radius 1 is 1.06 bits per heavy atom. The number of ether oxygens (including phenoxy) is 2. The normalized spacial score (nSPS) is 14.3. The van der Waals surface area contributed by atoms with E-state index in [1.165, 1.54) is 24.3 Å². The van der Waals surface area contributed by atoms with E-state index in [4.69, 9.17) is 9.47 Å². The summed E-state index contributed by atoms with van der Waals surface area (Å²) in [6.45, 7) is 2.23. The molecule has 0 radical (unpaired) electrons. The van der Waals surface area contributed by atoms with Crippen LogP contribution in [0.15, 0.2) is 83.5 Å². The van der Waals surface area contributed by atoms with Crippen molar-refractivity contribution in [1.82, 2.24) is 0 Å². The molecule has 3 aromatic carbocycles. The number of nitro groups is 1. The second-order valence-corrected chi connectivity index (χ2v) is 6.96. The number of nitrogens with zero attached hydrogens (tertiary/aromatic N) is 2. The molecule has 1 heterocycles. The lowest BCUT2D eigenvalue weighted by molar-refractivity contribution is -0.384.